The Bertz CT molecular complexity index is 502. The molecule has 0 spiro atoms. The van der Waals surface area contributed by atoms with Crippen molar-refractivity contribution < 1.29 is 4.42 Å². The van der Waals surface area contributed by atoms with E-state index in [-0.39, 0.29) is 5.92 Å². The summed E-state index contributed by atoms with van der Waals surface area (Å²) in [5, 5.41) is 0. The van der Waals surface area contributed by atoms with Gasteiger partial charge in [-0.05, 0) is 37.0 Å². The Morgan fingerprint density at radius 2 is 2.12 bits per heavy atom. The van der Waals surface area contributed by atoms with Gasteiger partial charge in [-0.25, -0.2) is 4.98 Å². The first-order valence-electron chi connectivity index (χ1n) is 6.17. The smallest absolute Gasteiger partial charge is 0.199 e. The second-order valence-electron chi connectivity index (χ2n) is 5.09. The number of oxazole rings is 1. The van der Waals surface area contributed by atoms with Gasteiger partial charge in [-0.2, -0.15) is 0 Å². The SMILES string of the molecule is Cc1ccc2nc(C(CN)CC(C)C)oc2c1. The lowest BCUT2D eigenvalue weighted by Gasteiger charge is -2.12. The van der Waals surface area contributed by atoms with E-state index in [1.807, 2.05) is 12.1 Å². The van der Waals surface area contributed by atoms with Gasteiger partial charge < -0.3 is 10.2 Å². The largest absolute Gasteiger partial charge is 0.440 e. The maximum absolute atomic E-state index is 5.81. The van der Waals surface area contributed by atoms with Gasteiger partial charge in [0.15, 0.2) is 11.5 Å². The predicted molar refractivity (Wildman–Crippen MR) is 70.0 cm³/mol. The minimum Gasteiger partial charge on any atom is -0.440 e. The Kier molecular flexibility index (Phi) is 3.48. The molecule has 0 amide bonds. The van der Waals surface area contributed by atoms with E-state index >= 15 is 0 Å². The lowest BCUT2D eigenvalue weighted by Crippen LogP contribution is -2.14. The molecule has 92 valence electrons. The number of benzene rings is 1. The summed E-state index contributed by atoms with van der Waals surface area (Å²) < 4.78 is 5.81. The third kappa shape index (κ3) is 2.67. The minimum absolute atomic E-state index is 0.225. The molecule has 0 bridgehead atoms. The van der Waals surface area contributed by atoms with E-state index in [0.717, 1.165) is 23.4 Å². The summed E-state index contributed by atoms with van der Waals surface area (Å²) in [6.45, 7) is 7.02. The molecule has 1 aromatic carbocycles. The number of hydrogen-bond donors (Lipinski definition) is 1. The van der Waals surface area contributed by atoms with Crippen molar-refractivity contribution >= 4 is 11.1 Å². The van der Waals surface area contributed by atoms with Crippen LogP contribution in [0.4, 0.5) is 0 Å². The van der Waals surface area contributed by atoms with Gasteiger partial charge in [-0.15, -0.1) is 0 Å². The molecule has 2 N–H and O–H groups in total. The number of aryl methyl sites for hydroxylation is 1. The molecule has 0 aliphatic heterocycles. The molecule has 2 aromatic rings. The molecule has 0 fully saturated rings. The van der Waals surface area contributed by atoms with Gasteiger partial charge in [0.05, 0.1) is 0 Å². The summed E-state index contributed by atoms with van der Waals surface area (Å²) in [4.78, 5) is 4.53. The second-order valence-corrected chi connectivity index (χ2v) is 5.09. The summed E-state index contributed by atoms with van der Waals surface area (Å²) in [6.07, 6.45) is 1.02. The van der Waals surface area contributed by atoms with Gasteiger partial charge in [-0.3, -0.25) is 0 Å². The fraction of sp³-hybridized carbons (Fsp3) is 0.500. The molecule has 0 aliphatic rings. The van der Waals surface area contributed by atoms with E-state index in [1.54, 1.807) is 0 Å². The van der Waals surface area contributed by atoms with Crippen LogP contribution < -0.4 is 5.73 Å². The molecule has 1 aromatic heterocycles. The maximum Gasteiger partial charge on any atom is 0.199 e. The number of hydrogen-bond acceptors (Lipinski definition) is 3. The summed E-state index contributed by atoms with van der Waals surface area (Å²) in [5.74, 6) is 1.60. The fourth-order valence-corrected chi connectivity index (χ4v) is 2.09. The number of aromatic nitrogens is 1. The standard InChI is InChI=1S/C14H20N2O/c1-9(2)6-11(8-15)14-16-12-5-4-10(3)7-13(12)17-14/h4-5,7,9,11H,6,8,15H2,1-3H3. The van der Waals surface area contributed by atoms with Crippen molar-refractivity contribution in [3.05, 3.63) is 29.7 Å². The fourth-order valence-electron chi connectivity index (χ4n) is 2.09. The van der Waals surface area contributed by atoms with Crippen molar-refractivity contribution in [3.8, 4) is 0 Å². The van der Waals surface area contributed by atoms with Crippen LogP contribution in [0.5, 0.6) is 0 Å². The highest BCUT2D eigenvalue weighted by Crippen LogP contribution is 2.26. The second kappa shape index (κ2) is 4.88. The van der Waals surface area contributed by atoms with E-state index in [4.69, 9.17) is 10.2 Å². The van der Waals surface area contributed by atoms with Crippen LogP contribution in [0.2, 0.25) is 0 Å². The lowest BCUT2D eigenvalue weighted by atomic mass is 9.97. The first kappa shape index (κ1) is 12.1. The number of nitrogens with zero attached hydrogens (tertiary/aromatic N) is 1. The van der Waals surface area contributed by atoms with Crippen molar-refractivity contribution in [1.82, 2.24) is 4.98 Å². The number of fused-ring (bicyclic) bond motifs is 1. The molecule has 0 saturated heterocycles. The monoisotopic (exact) mass is 232 g/mol. The van der Waals surface area contributed by atoms with Crippen LogP contribution in [-0.2, 0) is 0 Å². The van der Waals surface area contributed by atoms with E-state index in [1.165, 1.54) is 5.56 Å². The van der Waals surface area contributed by atoms with Crippen LogP contribution in [0.25, 0.3) is 11.1 Å². The van der Waals surface area contributed by atoms with Gasteiger partial charge in [0.25, 0.3) is 0 Å². The average Bonchev–Trinajstić information content (AvgIpc) is 2.68. The van der Waals surface area contributed by atoms with Crippen LogP contribution in [0, 0.1) is 12.8 Å². The van der Waals surface area contributed by atoms with Crippen LogP contribution in [0.15, 0.2) is 22.6 Å². The zero-order valence-corrected chi connectivity index (χ0v) is 10.7. The summed E-state index contributed by atoms with van der Waals surface area (Å²) >= 11 is 0. The highest BCUT2D eigenvalue weighted by molar-refractivity contribution is 5.73. The third-order valence-electron chi connectivity index (χ3n) is 2.95. The highest BCUT2D eigenvalue weighted by Gasteiger charge is 2.18. The van der Waals surface area contributed by atoms with Crippen molar-refractivity contribution in [3.63, 3.8) is 0 Å². The quantitative estimate of drug-likeness (QED) is 0.880. The van der Waals surface area contributed by atoms with Gasteiger partial charge in [-0.1, -0.05) is 19.9 Å². The molecule has 0 radical (unpaired) electrons. The summed E-state index contributed by atoms with van der Waals surface area (Å²) in [5.41, 5.74) is 8.78. The molecule has 1 unspecified atom stereocenters. The van der Waals surface area contributed by atoms with E-state index in [0.29, 0.717) is 12.5 Å². The number of nitrogens with two attached hydrogens (primary N) is 1. The van der Waals surface area contributed by atoms with E-state index < -0.39 is 0 Å². The van der Waals surface area contributed by atoms with Crippen LogP contribution in [0.1, 0.15) is 37.6 Å². The molecule has 0 aliphatic carbocycles. The highest BCUT2D eigenvalue weighted by atomic mass is 16.3. The van der Waals surface area contributed by atoms with Gasteiger partial charge >= 0.3 is 0 Å². The topological polar surface area (TPSA) is 52.0 Å². The maximum atomic E-state index is 5.81. The first-order valence-corrected chi connectivity index (χ1v) is 6.17. The Morgan fingerprint density at radius 3 is 2.76 bits per heavy atom. The molecule has 1 heterocycles. The molecule has 3 nitrogen and oxygen atoms in total. The molecule has 3 heteroatoms. The van der Waals surface area contributed by atoms with Gasteiger partial charge in [0.1, 0.15) is 5.52 Å². The normalized spacial score (nSPS) is 13.5. The van der Waals surface area contributed by atoms with Crippen LogP contribution >= 0.6 is 0 Å². The Balaban J connectivity index is 2.34. The molecule has 2 rings (SSSR count). The molecule has 1 atom stereocenters. The number of rotatable bonds is 4. The Labute approximate surface area is 102 Å². The molecular weight excluding hydrogens is 212 g/mol. The predicted octanol–water partition coefficient (Wildman–Crippen LogP) is 3.22. The summed E-state index contributed by atoms with van der Waals surface area (Å²) in [6, 6.07) is 6.07. The van der Waals surface area contributed by atoms with Crippen molar-refractivity contribution in [2.75, 3.05) is 6.54 Å². The molecule has 17 heavy (non-hydrogen) atoms. The Morgan fingerprint density at radius 1 is 1.35 bits per heavy atom. The molecular formula is C14H20N2O. The average molecular weight is 232 g/mol. The van der Waals surface area contributed by atoms with Gasteiger partial charge in [0, 0.05) is 12.5 Å². The third-order valence-corrected chi connectivity index (χ3v) is 2.95. The van der Waals surface area contributed by atoms with Crippen molar-refractivity contribution in [1.29, 1.82) is 0 Å². The lowest BCUT2D eigenvalue weighted by molar-refractivity contribution is 0.414. The molecule has 0 saturated carbocycles. The van der Waals surface area contributed by atoms with Crippen molar-refractivity contribution in [2.45, 2.75) is 33.1 Å². The zero-order valence-electron chi connectivity index (χ0n) is 10.7. The van der Waals surface area contributed by atoms with E-state index in [2.05, 4.69) is 31.8 Å². The van der Waals surface area contributed by atoms with Crippen molar-refractivity contribution in [2.24, 2.45) is 11.7 Å². The first-order chi connectivity index (χ1) is 8.10. The van der Waals surface area contributed by atoms with Gasteiger partial charge in [0.2, 0.25) is 0 Å². The summed E-state index contributed by atoms with van der Waals surface area (Å²) in [7, 11) is 0. The zero-order chi connectivity index (χ0) is 12.4. The van der Waals surface area contributed by atoms with E-state index in [9.17, 15) is 0 Å². The van der Waals surface area contributed by atoms with Crippen LogP contribution in [-0.4, -0.2) is 11.5 Å². The van der Waals surface area contributed by atoms with Crippen LogP contribution in [0.3, 0.4) is 0 Å². The minimum atomic E-state index is 0.225. The Hall–Kier alpha value is -1.35.